The van der Waals surface area contributed by atoms with E-state index in [0.29, 0.717) is 38.3 Å². The van der Waals surface area contributed by atoms with Crippen LogP contribution in [0.4, 0.5) is 0 Å². The maximum atomic E-state index is 12.9. The van der Waals surface area contributed by atoms with Crippen molar-refractivity contribution in [2.45, 2.75) is 95.2 Å². The van der Waals surface area contributed by atoms with Crippen LogP contribution in [0, 0.1) is 28.6 Å². The molecule has 6 aliphatic rings. The molecule has 5 fully saturated rings. The van der Waals surface area contributed by atoms with Gasteiger partial charge in [0.1, 0.15) is 0 Å². The summed E-state index contributed by atoms with van der Waals surface area (Å²) in [7, 11) is -1.97. The average Bonchev–Trinajstić information content (AvgIpc) is 3.43. The fourth-order valence-corrected chi connectivity index (χ4v) is 11.6. The molecule has 2 spiro atoms. The van der Waals surface area contributed by atoms with Crippen molar-refractivity contribution in [3.63, 3.8) is 0 Å². The summed E-state index contributed by atoms with van der Waals surface area (Å²) in [6.45, 7) is 14.8. The Hall–Kier alpha value is -0.243. The predicted octanol–water partition coefficient (Wildman–Crippen LogP) is 4.65. The fraction of sp³-hybridized carbons (Fsp3) is 0.923. The quantitative estimate of drug-likeness (QED) is 0.454. The number of aliphatic hydroxyl groups is 1. The van der Waals surface area contributed by atoms with Crippen molar-refractivity contribution >= 4 is 8.07 Å². The first kappa shape index (κ1) is 22.2. The molecule has 0 radical (unpaired) electrons. The Kier molecular flexibility index (Phi) is 4.66. The van der Waals surface area contributed by atoms with Crippen LogP contribution in [0.2, 0.25) is 19.6 Å². The second kappa shape index (κ2) is 6.70. The number of fused-ring (bicyclic) bond motifs is 6. The summed E-state index contributed by atoms with van der Waals surface area (Å²) in [6.07, 6.45) is 9.33. The maximum Gasteiger partial charge on any atom is 0.174 e. The second-order valence-electron chi connectivity index (χ2n) is 13.2. The van der Waals surface area contributed by atoms with Crippen molar-refractivity contribution in [3.05, 3.63) is 11.6 Å². The Labute approximate surface area is 194 Å². The normalized spacial score (nSPS) is 49.1. The van der Waals surface area contributed by atoms with Crippen LogP contribution in [0.5, 0.6) is 0 Å². The highest BCUT2D eigenvalue weighted by atomic mass is 28.3. The van der Waals surface area contributed by atoms with Crippen molar-refractivity contribution in [2.75, 3.05) is 26.4 Å². The van der Waals surface area contributed by atoms with Gasteiger partial charge >= 0.3 is 0 Å². The van der Waals surface area contributed by atoms with Gasteiger partial charge in [0.15, 0.2) is 11.6 Å². The van der Waals surface area contributed by atoms with E-state index in [1.807, 2.05) is 0 Å². The van der Waals surface area contributed by atoms with Gasteiger partial charge in [-0.1, -0.05) is 45.1 Å². The molecule has 0 bridgehead atoms. The first-order chi connectivity index (χ1) is 15.0. The van der Waals surface area contributed by atoms with E-state index in [2.05, 4.69) is 39.6 Å². The molecule has 0 unspecified atom stereocenters. The molecule has 6 heteroatoms. The van der Waals surface area contributed by atoms with Gasteiger partial charge in [0.25, 0.3) is 0 Å². The third kappa shape index (κ3) is 2.63. The highest BCUT2D eigenvalue weighted by Crippen LogP contribution is 2.72. The summed E-state index contributed by atoms with van der Waals surface area (Å²) in [5.41, 5.74) is 1.36. The summed E-state index contributed by atoms with van der Waals surface area (Å²) < 4.78 is 25.0. The Morgan fingerprint density at radius 3 is 2.25 bits per heavy atom. The van der Waals surface area contributed by atoms with E-state index in [-0.39, 0.29) is 16.7 Å². The van der Waals surface area contributed by atoms with Crippen LogP contribution in [0.1, 0.15) is 58.8 Å². The molecule has 2 heterocycles. The molecule has 0 aromatic rings. The molecule has 32 heavy (non-hydrogen) atoms. The van der Waals surface area contributed by atoms with Crippen molar-refractivity contribution in [1.29, 1.82) is 0 Å². The lowest BCUT2D eigenvalue weighted by molar-refractivity contribution is -0.266. The van der Waals surface area contributed by atoms with E-state index in [4.69, 9.17) is 18.9 Å². The highest BCUT2D eigenvalue weighted by Gasteiger charge is 2.74. The number of ether oxygens (including phenoxy) is 4. The lowest BCUT2D eigenvalue weighted by atomic mass is 9.46. The lowest BCUT2D eigenvalue weighted by Crippen LogP contribution is -2.72. The number of allylic oxidation sites excluding steroid dienone is 1. The van der Waals surface area contributed by atoms with Crippen LogP contribution in [0.25, 0.3) is 0 Å². The van der Waals surface area contributed by atoms with Gasteiger partial charge in [-0.05, 0) is 48.9 Å². The molecule has 5 nitrogen and oxygen atoms in total. The SMILES string of the molecule is C[C@]12CCC3(CC1=CC[C@H]1[C@@H]4CCC5(OCCO5)[C@@]4(C)C[C@@](O)([Si](C)(C)C)[C@@H]12)OCCO3. The third-order valence-corrected chi connectivity index (χ3v) is 14.1. The van der Waals surface area contributed by atoms with Crippen molar-refractivity contribution in [3.8, 4) is 0 Å². The van der Waals surface area contributed by atoms with Gasteiger partial charge in [-0.2, -0.15) is 0 Å². The van der Waals surface area contributed by atoms with Gasteiger partial charge in [-0.25, -0.2) is 0 Å². The van der Waals surface area contributed by atoms with Crippen LogP contribution < -0.4 is 0 Å². The molecule has 1 N–H and O–H groups in total. The summed E-state index contributed by atoms with van der Waals surface area (Å²) in [6, 6.07) is 0. The molecule has 6 atom stereocenters. The summed E-state index contributed by atoms with van der Waals surface area (Å²) in [4.78, 5) is 0. The zero-order valence-electron chi connectivity index (χ0n) is 20.7. The van der Waals surface area contributed by atoms with Gasteiger partial charge in [-0.15, -0.1) is 0 Å². The van der Waals surface area contributed by atoms with Crippen LogP contribution >= 0.6 is 0 Å². The van der Waals surface area contributed by atoms with Gasteiger partial charge in [0.05, 0.1) is 39.7 Å². The van der Waals surface area contributed by atoms with E-state index < -0.39 is 24.9 Å². The van der Waals surface area contributed by atoms with E-state index >= 15 is 0 Å². The largest absolute Gasteiger partial charge is 0.393 e. The third-order valence-electron chi connectivity index (χ3n) is 11.0. The van der Waals surface area contributed by atoms with Crippen LogP contribution in [-0.4, -0.2) is 56.4 Å². The first-order valence-electron chi connectivity index (χ1n) is 13.0. The molecule has 0 aromatic carbocycles. The minimum atomic E-state index is -1.97. The molecule has 2 saturated heterocycles. The predicted molar refractivity (Wildman–Crippen MR) is 125 cm³/mol. The molecule has 4 aliphatic carbocycles. The lowest BCUT2D eigenvalue weighted by Gasteiger charge is -2.67. The number of hydrogen-bond donors (Lipinski definition) is 1. The standard InChI is InChI=1S/C26H42O5Si/c1-22-10-11-24(28-12-13-29-24)16-18(22)6-7-19-20-8-9-26(30-14-15-31-26)23(20,2)17-25(27,21(19)22)32(3,4)5/h6,19-21,27H,7-17H2,1-5H3/t19-,20-,21-,22-,23-,25+/m0/s1. The molecule has 0 amide bonds. The summed E-state index contributed by atoms with van der Waals surface area (Å²) >= 11 is 0. The topological polar surface area (TPSA) is 57.2 Å². The fourth-order valence-electron chi connectivity index (χ4n) is 9.27. The smallest absolute Gasteiger partial charge is 0.174 e. The highest BCUT2D eigenvalue weighted by molar-refractivity contribution is 6.79. The second-order valence-corrected chi connectivity index (χ2v) is 18.5. The van der Waals surface area contributed by atoms with E-state index in [0.717, 1.165) is 44.9 Å². The molecule has 0 aromatic heterocycles. The molecule has 6 rings (SSSR count). The Balaban J connectivity index is 1.46. The molecular weight excluding hydrogens is 420 g/mol. The Morgan fingerprint density at radius 1 is 0.938 bits per heavy atom. The molecule has 180 valence electrons. The maximum absolute atomic E-state index is 12.9. The van der Waals surface area contributed by atoms with E-state index in [1.165, 1.54) is 5.57 Å². The van der Waals surface area contributed by atoms with Gasteiger partial charge < -0.3 is 24.1 Å². The minimum Gasteiger partial charge on any atom is -0.393 e. The zero-order chi connectivity index (χ0) is 22.6. The zero-order valence-corrected chi connectivity index (χ0v) is 21.7. The van der Waals surface area contributed by atoms with Crippen LogP contribution in [0.3, 0.4) is 0 Å². The molecular formula is C26H42O5Si. The van der Waals surface area contributed by atoms with E-state index in [1.54, 1.807) is 0 Å². The Bertz CT molecular complexity index is 823. The van der Waals surface area contributed by atoms with Crippen molar-refractivity contribution in [1.82, 2.24) is 0 Å². The molecule has 3 saturated carbocycles. The molecule has 2 aliphatic heterocycles. The first-order valence-corrected chi connectivity index (χ1v) is 16.5. The van der Waals surface area contributed by atoms with Gasteiger partial charge in [0.2, 0.25) is 0 Å². The van der Waals surface area contributed by atoms with Crippen LogP contribution in [-0.2, 0) is 18.9 Å². The monoisotopic (exact) mass is 462 g/mol. The van der Waals surface area contributed by atoms with Gasteiger partial charge in [-0.3, -0.25) is 0 Å². The van der Waals surface area contributed by atoms with Crippen LogP contribution in [0.15, 0.2) is 11.6 Å². The number of rotatable bonds is 1. The van der Waals surface area contributed by atoms with Crippen molar-refractivity contribution in [2.24, 2.45) is 28.6 Å². The minimum absolute atomic E-state index is 0.00692. The summed E-state index contributed by atoms with van der Waals surface area (Å²) in [5.74, 6) is 0.387. The van der Waals surface area contributed by atoms with Crippen molar-refractivity contribution < 1.29 is 24.1 Å². The Morgan fingerprint density at radius 2 is 1.59 bits per heavy atom. The summed E-state index contributed by atoms with van der Waals surface area (Å²) in [5, 5.41) is 12.2. The van der Waals surface area contributed by atoms with E-state index in [9.17, 15) is 5.11 Å². The number of hydrogen-bond acceptors (Lipinski definition) is 5. The van der Waals surface area contributed by atoms with Gasteiger partial charge in [0, 0.05) is 24.7 Å². The average molecular weight is 463 g/mol.